The number of aryl methyl sites for hydroxylation is 1. The van der Waals surface area contributed by atoms with Crippen molar-refractivity contribution < 1.29 is 14.6 Å². The lowest BCUT2D eigenvalue weighted by Crippen LogP contribution is -2.07. The first-order valence-electron chi connectivity index (χ1n) is 9.88. The first-order chi connectivity index (χ1) is 13.7. The lowest BCUT2D eigenvalue weighted by atomic mass is 10.1. The van der Waals surface area contributed by atoms with E-state index < -0.39 is 5.97 Å². The molecule has 0 amide bonds. The highest BCUT2D eigenvalue weighted by Gasteiger charge is 2.13. The average molecular weight is 377 g/mol. The molecule has 4 heteroatoms. The zero-order chi connectivity index (χ0) is 19.8. The topological polar surface area (TPSA) is 51.5 Å². The number of hydrogen-bond acceptors (Lipinski definition) is 2. The number of hydrogen-bond donors (Lipinski definition) is 1. The molecule has 146 valence electrons. The molecule has 0 radical (unpaired) electrons. The van der Waals surface area contributed by atoms with Crippen molar-refractivity contribution in [2.75, 3.05) is 0 Å². The predicted octanol–water partition coefficient (Wildman–Crippen LogP) is 6.01. The van der Waals surface area contributed by atoms with Gasteiger partial charge in [-0.3, -0.25) is 0 Å². The number of carbonyl (C=O) groups is 1. The summed E-state index contributed by atoms with van der Waals surface area (Å²) < 4.78 is 7.68. The second-order valence-corrected chi connectivity index (χ2v) is 6.97. The Morgan fingerprint density at radius 2 is 1.71 bits per heavy atom. The van der Waals surface area contributed by atoms with Gasteiger partial charge < -0.3 is 14.4 Å². The van der Waals surface area contributed by atoms with Crippen LogP contribution in [0.25, 0.3) is 11.1 Å². The van der Waals surface area contributed by atoms with Gasteiger partial charge in [0, 0.05) is 18.3 Å². The number of ether oxygens (including phenoxy) is 1. The summed E-state index contributed by atoms with van der Waals surface area (Å²) in [4.78, 5) is 11.6. The van der Waals surface area contributed by atoms with E-state index in [0.717, 1.165) is 41.8 Å². The molecule has 1 N–H and O–H groups in total. The van der Waals surface area contributed by atoms with Crippen molar-refractivity contribution in [3.63, 3.8) is 0 Å². The number of aromatic carboxylic acids is 1. The van der Waals surface area contributed by atoms with E-state index in [1.807, 2.05) is 65.4 Å². The van der Waals surface area contributed by atoms with E-state index >= 15 is 0 Å². The molecule has 4 nitrogen and oxygen atoms in total. The number of rotatable bonds is 10. The number of nitrogens with zero attached hydrogens (tertiary/aromatic N) is 1. The summed E-state index contributed by atoms with van der Waals surface area (Å²) in [6.07, 6.45) is 6.41. The molecule has 3 aromatic rings. The number of carboxylic acids is 1. The monoisotopic (exact) mass is 377 g/mol. The van der Waals surface area contributed by atoms with Gasteiger partial charge in [-0.2, -0.15) is 0 Å². The fraction of sp³-hybridized carbons (Fsp3) is 0.292. The maximum atomic E-state index is 11.6. The van der Waals surface area contributed by atoms with Crippen LogP contribution in [0.1, 0.15) is 48.7 Å². The maximum Gasteiger partial charge on any atom is 0.352 e. The van der Waals surface area contributed by atoms with Crippen molar-refractivity contribution in [1.29, 1.82) is 0 Å². The van der Waals surface area contributed by atoms with Crippen LogP contribution < -0.4 is 4.74 Å². The lowest BCUT2D eigenvalue weighted by Gasteiger charge is -2.07. The molecule has 0 bridgehead atoms. The highest BCUT2D eigenvalue weighted by molar-refractivity contribution is 5.88. The van der Waals surface area contributed by atoms with Crippen molar-refractivity contribution in [2.45, 2.75) is 45.8 Å². The van der Waals surface area contributed by atoms with Crippen LogP contribution in [-0.2, 0) is 13.2 Å². The van der Waals surface area contributed by atoms with Crippen LogP contribution in [0, 0.1) is 0 Å². The Morgan fingerprint density at radius 3 is 2.39 bits per heavy atom. The molecule has 1 heterocycles. The molecule has 0 unspecified atom stereocenters. The summed E-state index contributed by atoms with van der Waals surface area (Å²) in [6, 6.07) is 19.6. The predicted molar refractivity (Wildman–Crippen MR) is 112 cm³/mol. The lowest BCUT2D eigenvalue weighted by molar-refractivity contribution is 0.0685. The third kappa shape index (κ3) is 5.26. The van der Waals surface area contributed by atoms with Gasteiger partial charge in [0.15, 0.2) is 0 Å². The van der Waals surface area contributed by atoms with E-state index in [9.17, 15) is 9.90 Å². The molecule has 0 fully saturated rings. The largest absolute Gasteiger partial charge is 0.489 e. The summed E-state index contributed by atoms with van der Waals surface area (Å²) in [5.74, 6) is -0.0883. The molecule has 0 saturated carbocycles. The summed E-state index contributed by atoms with van der Waals surface area (Å²) in [6.45, 7) is 3.43. The van der Waals surface area contributed by atoms with Crippen molar-refractivity contribution in [1.82, 2.24) is 4.57 Å². The van der Waals surface area contributed by atoms with E-state index in [1.54, 1.807) is 6.07 Å². The van der Waals surface area contributed by atoms with Crippen LogP contribution in [0.3, 0.4) is 0 Å². The maximum absolute atomic E-state index is 11.6. The Kier molecular flexibility index (Phi) is 6.90. The fourth-order valence-corrected chi connectivity index (χ4v) is 3.23. The third-order valence-electron chi connectivity index (χ3n) is 4.80. The van der Waals surface area contributed by atoms with Crippen molar-refractivity contribution in [2.24, 2.45) is 0 Å². The van der Waals surface area contributed by atoms with Crippen LogP contribution in [0.4, 0.5) is 0 Å². The highest BCUT2D eigenvalue weighted by atomic mass is 16.5. The number of unbranched alkanes of at least 4 members (excludes halogenated alkanes) is 3. The summed E-state index contributed by atoms with van der Waals surface area (Å²) in [7, 11) is 0. The molecule has 0 aliphatic heterocycles. The van der Waals surface area contributed by atoms with Gasteiger partial charge in [0.1, 0.15) is 18.1 Å². The zero-order valence-electron chi connectivity index (χ0n) is 16.3. The van der Waals surface area contributed by atoms with Gasteiger partial charge in [0.05, 0.1) is 0 Å². The zero-order valence-corrected chi connectivity index (χ0v) is 16.3. The van der Waals surface area contributed by atoms with Gasteiger partial charge in [0.25, 0.3) is 0 Å². The molecular weight excluding hydrogens is 350 g/mol. The van der Waals surface area contributed by atoms with Crippen LogP contribution in [0.5, 0.6) is 5.75 Å². The first kappa shape index (κ1) is 19.7. The third-order valence-corrected chi connectivity index (χ3v) is 4.80. The van der Waals surface area contributed by atoms with Crippen molar-refractivity contribution in [3.05, 3.63) is 78.1 Å². The molecular formula is C24H27NO3. The second kappa shape index (κ2) is 9.79. The minimum Gasteiger partial charge on any atom is -0.489 e. The Labute approximate surface area is 166 Å². The average Bonchev–Trinajstić information content (AvgIpc) is 3.15. The van der Waals surface area contributed by atoms with Gasteiger partial charge in [-0.25, -0.2) is 4.79 Å². The van der Waals surface area contributed by atoms with E-state index in [1.165, 1.54) is 12.8 Å². The minimum absolute atomic E-state index is 0.343. The van der Waals surface area contributed by atoms with Gasteiger partial charge >= 0.3 is 5.97 Å². The molecule has 0 aliphatic rings. The second-order valence-electron chi connectivity index (χ2n) is 6.97. The number of aromatic nitrogens is 1. The van der Waals surface area contributed by atoms with Crippen molar-refractivity contribution >= 4 is 5.97 Å². The van der Waals surface area contributed by atoms with Crippen LogP contribution in [0.15, 0.2) is 66.9 Å². The van der Waals surface area contributed by atoms with E-state index in [2.05, 4.69) is 6.92 Å². The van der Waals surface area contributed by atoms with Gasteiger partial charge in [-0.05, 0) is 35.7 Å². The Bertz CT molecular complexity index is 882. The first-order valence-corrected chi connectivity index (χ1v) is 9.88. The Hall–Kier alpha value is -3.01. The Morgan fingerprint density at radius 1 is 0.964 bits per heavy atom. The quantitative estimate of drug-likeness (QED) is 0.440. The standard InChI is InChI=1S/C24H27NO3/c1-2-3-4-8-15-25-17-21(16-23(25)24(26)27)20-11-13-22(14-12-20)28-18-19-9-6-5-7-10-19/h5-7,9-14,16-17H,2-4,8,15,18H2,1H3,(H,26,27). The molecule has 0 saturated heterocycles. The van der Waals surface area contributed by atoms with Crippen LogP contribution >= 0.6 is 0 Å². The smallest absolute Gasteiger partial charge is 0.352 e. The summed E-state index contributed by atoms with van der Waals surface area (Å²) in [5.41, 5.74) is 3.37. The van der Waals surface area contributed by atoms with Crippen LogP contribution in [-0.4, -0.2) is 15.6 Å². The fourth-order valence-electron chi connectivity index (χ4n) is 3.23. The van der Waals surface area contributed by atoms with Crippen molar-refractivity contribution in [3.8, 4) is 16.9 Å². The molecule has 2 aromatic carbocycles. The Balaban J connectivity index is 1.67. The van der Waals surface area contributed by atoms with Gasteiger partial charge in [-0.15, -0.1) is 0 Å². The summed E-state index contributed by atoms with van der Waals surface area (Å²) >= 11 is 0. The highest BCUT2D eigenvalue weighted by Crippen LogP contribution is 2.25. The number of benzene rings is 2. The van der Waals surface area contributed by atoms with Gasteiger partial charge in [-0.1, -0.05) is 68.7 Å². The SMILES string of the molecule is CCCCCCn1cc(-c2ccc(OCc3ccccc3)cc2)cc1C(=O)O. The molecule has 28 heavy (non-hydrogen) atoms. The van der Waals surface area contributed by atoms with E-state index in [4.69, 9.17) is 4.74 Å². The van der Waals surface area contributed by atoms with E-state index in [0.29, 0.717) is 12.3 Å². The normalized spacial score (nSPS) is 10.8. The minimum atomic E-state index is -0.885. The van der Waals surface area contributed by atoms with Crippen LogP contribution in [0.2, 0.25) is 0 Å². The molecule has 3 rings (SSSR count). The van der Waals surface area contributed by atoms with E-state index in [-0.39, 0.29) is 0 Å². The number of carboxylic acid groups (broad SMARTS) is 1. The molecule has 0 atom stereocenters. The summed E-state index contributed by atoms with van der Waals surface area (Å²) in [5, 5.41) is 9.51. The van der Waals surface area contributed by atoms with Gasteiger partial charge in [0.2, 0.25) is 0 Å². The molecule has 1 aromatic heterocycles. The molecule has 0 spiro atoms. The molecule has 0 aliphatic carbocycles.